The van der Waals surface area contributed by atoms with E-state index in [2.05, 4.69) is 5.10 Å². The van der Waals surface area contributed by atoms with Crippen molar-refractivity contribution in [2.24, 2.45) is 5.73 Å². The molecule has 0 spiro atoms. The highest BCUT2D eigenvalue weighted by atomic mass is 32.2. The molecule has 0 amide bonds. The number of rotatable bonds is 4. The molecular weight excluding hydrogens is 269 g/mol. The van der Waals surface area contributed by atoms with Gasteiger partial charge >= 0.3 is 0 Å². The third-order valence-electron chi connectivity index (χ3n) is 2.72. The van der Waals surface area contributed by atoms with Crippen LogP contribution in [0.2, 0.25) is 0 Å². The van der Waals surface area contributed by atoms with Crippen LogP contribution in [0.3, 0.4) is 0 Å². The summed E-state index contributed by atoms with van der Waals surface area (Å²) in [7, 11) is -3.26. The quantitative estimate of drug-likeness (QED) is 0.912. The van der Waals surface area contributed by atoms with Gasteiger partial charge in [-0.25, -0.2) is 12.8 Å². The number of nitrogens with zero attached hydrogens (tertiary/aromatic N) is 2. The average molecular weight is 283 g/mol. The Morgan fingerprint density at radius 3 is 2.53 bits per heavy atom. The maximum Gasteiger partial charge on any atom is 0.178 e. The van der Waals surface area contributed by atoms with E-state index in [9.17, 15) is 12.8 Å². The van der Waals surface area contributed by atoms with Gasteiger partial charge < -0.3 is 5.73 Å². The summed E-state index contributed by atoms with van der Waals surface area (Å²) in [5.74, 6) is -0.325. The van der Waals surface area contributed by atoms with Crippen LogP contribution >= 0.6 is 0 Å². The van der Waals surface area contributed by atoms with Crippen LogP contribution in [-0.2, 0) is 16.4 Å². The van der Waals surface area contributed by atoms with Gasteiger partial charge in [0.25, 0.3) is 0 Å². The summed E-state index contributed by atoms with van der Waals surface area (Å²) in [6.07, 6.45) is 3.83. The largest absolute Gasteiger partial charge is 0.322 e. The van der Waals surface area contributed by atoms with Crippen molar-refractivity contribution in [2.45, 2.75) is 17.5 Å². The minimum Gasteiger partial charge on any atom is -0.322 e. The van der Waals surface area contributed by atoms with Gasteiger partial charge in [-0.3, -0.25) is 4.68 Å². The zero-order chi connectivity index (χ0) is 14.0. The van der Waals surface area contributed by atoms with Crippen molar-refractivity contribution in [3.63, 3.8) is 0 Å². The first-order valence-corrected chi connectivity index (χ1v) is 7.49. The van der Waals surface area contributed by atoms with Crippen molar-refractivity contribution in [3.8, 4) is 0 Å². The highest BCUT2D eigenvalue weighted by Crippen LogP contribution is 2.14. The Hall–Kier alpha value is -1.73. The summed E-state index contributed by atoms with van der Waals surface area (Å²) in [6, 6.07) is 5.48. The van der Waals surface area contributed by atoms with Gasteiger partial charge in [0, 0.05) is 18.5 Å². The maximum atomic E-state index is 12.8. The lowest BCUT2D eigenvalue weighted by Gasteiger charge is -2.11. The molecule has 1 atom stereocenters. The smallest absolute Gasteiger partial charge is 0.178 e. The van der Waals surface area contributed by atoms with Crippen molar-refractivity contribution in [2.75, 3.05) is 6.26 Å². The molecule has 0 aliphatic carbocycles. The van der Waals surface area contributed by atoms with Crippen molar-refractivity contribution >= 4 is 9.84 Å². The maximum absolute atomic E-state index is 12.8. The van der Waals surface area contributed by atoms with Gasteiger partial charge in [-0.2, -0.15) is 5.10 Å². The number of aromatic nitrogens is 2. The van der Waals surface area contributed by atoms with Crippen LogP contribution < -0.4 is 5.73 Å². The Morgan fingerprint density at radius 1 is 1.37 bits per heavy atom. The van der Waals surface area contributed by atoms with Crippen LogP contribution in [0.1, 0.15) is 11.6 Å². The van der Waals surface area contributed by atoms with E-state index in [0.29, 0.717) is 6.54 Å². The molecule has 2 rings (SSSR count). The molecule has 19 heavy (non-hydrogen) atoms. The van der Waals surface area contributed by atoms with Crippen LogP contribution in [0.25, 0.3) is 0 Å². The summed E-state index contributed by atoms with van der Waals surface area (Å²) >= 11 is 0. The second-order valence-electron chi connectivity index (χ2n) is 4.33. The molecule has 0 fully saturated rings. The van der Waals surface area contributed by atoms with Gasteiger partial charge in [0.1, 0.15) is 10.7 Å². The molecule has 0 aliphatic heterocycles. The van der Waals surface area contributed by atoms with Crippen LogP contribution in [0.4, 0.5) is 4.39 Å². The van der Waals surface area contributed by atoms with Crippen LogP contribution in [0.15, 0.2) is 41.6 Å². The van der Waals surface area contributed by atoms with Crippen LogP contribution in [0.5, 0.6) is 0 Å². The molecule has 0 saturated heterocycles. The van der Waals surface area contributed by atoms with E-state index < -0.39 is 9.84 Å². The van der Waals surface area contributed by atoms with E-state index in [1.165, 1.54) is 29.2 Å². The normalized spacial score (nSPS) is 13.4. The number of halogens is 1. The second-order valence-corrected chi connectivity index (χ2v) is 6.34. The first-order valence-electron chi connectivity index (χ1n) is 5.60. The Kier molecular flexibility index (Phi) is 3.68. The first kappa shape index (κ1) is 13.7. The Bertz CT molecular complexity index is 665. The fourth-order valence-corrected chi connectivity index (χ4v) is 2.20. The SMILES string of the molecule is CS(=O)(=O)c1cnn(CC(N)c2ccc(F)cc2)c1. The van der Waals surface area contributed by atoms with E-state index >= 15 is 0 Å². The van der Waals surface area contributed by atoms with E-state index in [1.54, 1.807) is 12.1 Å². The molecule has 1 aromatic carbocycles. The summed E-state index contributed by atoms with van der Waals surface area (Å²) in [5, 5.41) is 3.95. The highest BCUT2D eigenvalue weighted by molar-refractivity contribution is 7.90. The highest BCUT2D eigenvalue weighted by Gasteiger charge is 2.12. The van der Waals surface area contributed by atoms with Gasteiger partial charge in [-0.05, 0) is 17.7 Å². The topological polar surface area (TPSA) is 78.0 Å². The third-order valence-corrected chi connectivity index (χ3v) is 3.79. The molecule has 102 valence electrons. The van der Waals surface area contributed by atoms with Crippen LogP contribution in [0, 0.1) is 5.82 Å². The lowest BCUT2D eigenvalue weighted by Crippen LogP contribution is -2.17. The summed E-state index contributed by atoms with van der Waals surface area (Å²) in [5.41, 5.74) is 6.72. The summed E-state index contributed by atoms with van der Waals surface area (Å²) in [4.78, 5) is 0.152. The van der Waals surface area contributed by atoms with Gasteiger partial charge in [-0.15, -0.1) is 0 Å². The zero-order valence-electron chi connectivity index (χ0n) is 10.3. The molecule has 0 bridgehead atoms. The lowest BCUT2D eigenvalue weighted by atomic mass is 10.1. The molecule has 2 N–H and O–H groups in total. The molecule has 0 saturated carbocycles. The fourth-order valence-electron chi connectivity index (χ4n) is 1.65. The molecular formula is C12H14FN3O2S. The predicted molar refractivity (Wildman–Crippen MR) is 68.7 cm³/mol. The second kappa shape index (κ2) is 5.10. The van der Waals surface area contributed by atoms with Crippen LogP contribution in [-0.4, -0.2) is 24.5 Å². The van der Waals surface area contributed by atoms with Gasteiger partial charge in [0.15, 0.2) is 9.84 Å². The average Bonchev–Trinajstić information content (AvgIpc) is 2.78. The molecule has 0 radical (unpaired) electrons. The molecule has 7 heteroatoms. The minimum absolute atomic E-state index is 0.152. The minimum atomic E-state index is -3.26. The van der Waals surface area contributed by atoms with Gasteiger partial charge in [-0.1, -0.05) is 12.1 Å². The zero-order valence-corrected chi connectivity index (χ0v) is 11.1. The number of nitrogens with two attached hydrogens (primary N) is 1. The van der Waals surface area contributed by atoms with Crippen molar-refractivity contribution < 1.29 is 12.8 Å². The third kappa shape index (κ3) is 3.39. The van der Waals surface area contributed by atoms with E-state index in [0.717, 1.165) is 11.8 Å². The Balaban J connectivity index is 2.13. The van der Waals surface area contributed by atoms with E-state index in [-0.39, 0.29) is 16.8 Å². The number of benzene rings is 1. The summed E-state index contributed by atoms with van der Waals surface area (Å²) < 4.78 is 36.9. The molecule has 1 heterocycles. The number of hydrogen-bond donors (Lipinski definition) is 1. The van der Waals surface area contributed by atoms with E-state index in [1.807, 2.05) is 0 Å². The molecule has 5 nitrogen and oxygen atoms in total. The standard InChI is InChI=1S/C12H14FN3O2S/c1-19(17,18)11-6-15-16(7-11)8-12(14)9-2-4-10(13)5-3-9/h2-7,12H,8,14H2,1H3. The predicted octanol–water partition coefficient (Wildman–Crippen LogP) is 1.13. The number of sulfone groups is 1. The monoisotopic (exact) mass is 283 g/mol. The molecule has 0 aliphatic rings. The fraction of sp³-hybridized carbons (Fsp3) is 0.250. The lowest BCUT2D eigenvalue weighted by molar-refractivity contribution is 0.525. The van der Waals surface area contributed by atoms with Crippen molar-refractivity contribution in [1.82, 2.24) is 9.78 Å². The first-order chi connectivity index (χ1) is 8.86. The Morgan fingerprint density at radius 2 is 2.00 bits per heavy atom. The van der Waals surface area contributed by atoms with Gasteiger partial charge in [0.05, 0.1) is 12.7 Å². The molecule has 2 aromatic rings. The van der Waals surface area contributed by atoms with E-state index in [4.69, 9.17) is 5.73 Å². The Labute approximate surface area is 110 Å². The number of hydrogen-bond acceptors (Lipinski definition) is 4. The molecule has 1 aromatic heterocycles. The van der Waals surface area contributed by atoms with Crippen molar-refractivity contribution in [3.05, 3.63) is 48.0 Å². The molecule has 1 unspecified atom stereocenters. The van der Waals surface area contributed by atoms with Crippen molar-refractivity contribution in [1.29, 1.82) is 0 Å². The van der Waals surface area contributed by atoms with Gasteiger partial charge in [0.2, 0.25) is 0 Å². The summed E-state index contributed by atoms with van der Waals surface area (Å²) in [6.45, 7) is 0.321.